The Labute approximate surface area is 228 Å². The molecule has 0 saturated carbocycles. The molecule has 4 aromatic rings. The number of nitrogens with zero attached hydrogens (tertiary/aromatic N) is 2. The predicted molar refractivity (Wildman–Crippen MR) is 145 cm³/mol. The van der Waals surface area contributed by atoms with Crippen LogP contribution in [0.3, 0.4) is 0 Å². The van der Waals surface area contributed by atoms with Gasteiger partial charge in [-0.05, 0) is 43.7 Å². The molecule has 0 spiro atoms. The number of carbonyl (C=O) groups is 2. The number of rotatable bonds is 9. The maximum Gasteiger partial charge on any atom is 0.342 e. The molecule has 0 bridgehead atoms. The third-order valence-corrected chi connectivity index (χ3v) is 7.83. The van der Waals surface area contributed by atoms with Crippen LogP contribution in [0.1, 0.15) is 37.0 Å². The molecule has 0 unspecified atom stereocenters. The molecule has 202 valence electrons. The lowest BCUT2D eigenvalue weighted by atomic mass is 10.1. The smallest absolute Gasteiger partial charge is 0.342 e. The van der Waals surface area contributed by atoms with Gasteiger partial charge in [-0.3, -0.25) is 14.9 Å². The number of sulfonamides is 1. The van der Waals surface area contributed by atoms with E-state index in [1.54, 1.807) is 44.2 Å². The zero-order valence-corrected chi connectivity index (χ0v) is 22.5. The molecule has 0 aliphatic rings. The Morgan fingerprint density at radius 1 is 1.05 bits per heavy atom. The van der Waals surface area contributed by atoms with E-state index < -0.39 is 37.4 Å². The molecule has 0 atom stereocenters. The van der Waals surface area contributed by atoms with Crippen LogP contribution < -0.4 is 4.31 Å². The van der Waals surface area contributed by atoms with Gasteiger partial charge in [0.05, 0.1) is 22.1 Å². The highest BCUT2D eigenvalue weighted by Gasteiger charge is 2.33. The van der Waals surface area contributed by atoms with Crippen molar-refractivity contribution in [2.45, 2.75) is 31.6 Å². The van der Waals surface area contributed by atoms with E-state index in [2.05, 4.69) is 0 Å². The van der Waals surface area contributed by atoms with E-state index in [-0.39, 0.29) is 46.0 Å². The molecular formula is C27H23ClN2O8S. The summed E-state index contributed by atoms with van der Waals surface area (Å²) < 4.78 is 39.3. The zero-order valence-electron chi connectivity index (χ0n) is 20.9. The summed E-state index contributed by atoms with van der Waals surface area (Å²) in [6.45, 7) is 3.45. The Balaban J connectivity index is 1.95. The van der Waals surface area contributed by atoms with E-state index in [9.17, 15) is 28.1 Å². The van der Waals surface area contributed by atoms with Gasteiger partial charge in [0.15, 0.2) is 0 Å². The summed E-state index contributed by atoms with van der Waals surface area (Å²) in [5.74, 6) is -1.22. The van der Waals surface area contributed by atoms with E-state index in [0.717, 1.165) is 18.2 Å². The molecule has 39 heavy (non-hydrogen) atoms. The Kier molecular flexibility index (Phi) is 8.03. The first kappa shape index (κ1) is 27.8. The Morgan fingerprint density at radius 2 is 1.77 bits per heavy atom. The van der Waals surface area contributed by atoms with Gasteiger partial charge in [-0.25, -0.2) is 17.5 Å². The summed E-state index contributed by atoms with van der Waals surface area (Å²) in [7, 11) is -4.63. The van der Waals surface area contributed by atoms with Gasteiger partial charge in [0.25, 0.3) is 15.7 Å². The third-order valence-electron chi connectivity index (χ3n) is 5.76. The molecule has 0 N–H and O–H groups in total. The summed E-state index contributed by atoms with van der Waals surface area (Å²) >= 11 is 5.87. The van der Waals surface area contributed by atoms with Crippen molar-refractivity contribution in [3.63, 3.8) is 0 Å². The summed E-state index contributed by atoms with van der Waals surface area (Å²) in [6.07, 6.45) is 0.212. The highest BCUT2D eigenvalue weighted by molar-refractivity contribution is 7.93. The number of amides is 1. The van der Waals surface area contributed by atoms with Crippen LogP contribution >= 0.6 is 11.6 Å². The first-order valence-electron chi connectivity index (χ1n) is 11.9. The van der Waals surface area contributed by atoms with Crippen molar-refractivity contribution in [1.29, 1.82) is 0 Å². The molecule has 10 nitrogen and oxygen atoms in total. The third kappa shape index (κ3) is 5.36. The number of halogens is 1. The fraction of sp³-hybridized carbons (Fsp3) is 0.185. The fourth-order valence-electron chi connectivity index (χ4n) is 4.04. The van der Waals surface area contributed by atoms with Gasteiger partial charge in [0.1, 0.15) is 21.9 Å². The lowest BCUT2D eigenvalue weighted by molar-refractivity contribution is -0.384. The van der Waals surface area contributed by atoms with Crippen molar-refractivity contribution in [2.24, 2.45) is 0 Å². The SMILES string of the molecule is CCCC(=O)N(c1ccc2oc(-c3ccccc3)c(C(=O)OCC)c2c1)S(=O)(=O)c1ccc(Cl)c([N+](=O)[O-])c1. The second-order valence-electron chi connectivity index (χ2n) is 8.36. The standard InChI is InChI=1S/C27H23ClN2O8S/c1-3-8-24(31)29(39(35,36)19-12-13-21(28)22(16-19)30(33)34)18-11-14-23-20(15-18)25(27(32)37-4-2)26(38-23)17-9-6-5-7-10-17/h5-7,9-16H,3-4,8H2,1-2H3. The number of furan rings is 1. The van der Waals surface area contributed by atoms with Crippen LogP contribution in [-0.2, 0) is 19.6 Å². The number of nitro benzene ring substituents is 1. The van der Waals surface area contributed by atoms with Gasteiger partial charge in [-0.2, -0.15) is 0 Å². The van der Waals surface area contributed by atoms with Gasteiger partial charge in [0, 0.05) is 23.4 Å². The fourth-order valence-corrected chi connectivity index (χ4v) is 5.69. The van der Waals surface area contributed by atoms with Gasteiger partial charge < -0.3 is 9.15 Å². The number of benzene rings is 3. The Hall–Kier alpha value is -4.22. The van der Waals surface area contributed by atoms with Gasteiger partial charge in [-0.15, -0.1) is 0 Å². The minimum Gasteiger partial charge on any atom is -0.462 e. The number of anilines is 1. The number of nitro groups is 1. The average Bonchev–Trinajstić information content (AvgIpc) is 3.28. The minimum atomic E-state index is -4.63. The van der Waals surface area contributed by atoms with Crippen molar-refractivity contribution in [3.05, 3.63) is 87.4 Å². The largest absolute Gasteiger partial charge is 0.462 e. The highest BCUT2D eigenvalue weighted by atomic mass is 35.5. The predicted octanol–water partition coefficient (Wildman–Crippen LogP) is 6.36. The maximum atomic E-state index is 13.7. The molecule has 0 radical (unpaired) electrons. The molecule has 1 aromatic heterocycles. The summed E-state index contributed by atoms with van der Waals surface area (Å²) in [4.78, 5) is 36.3. The van der Waals surface area contributed by atoms with E-state index in [1.165, 1.54) is 18.2 Å². The first-order valence-corrected chi connectivity index (χ1v) is 13.7. The number of esters is 1. The lowest BCUT2D eigenvalue weighted by Gasteiger charge is -2.22. The van der Waals surface area contributed by atoms with Gasteiger partial charge in [0.2, 0.25) is 5.91 Å². The maximum absolute atomic E-state index is 13.7. The van der Waals surface area contributed by atoms with Crippen molar-refractivity contribution in [3.8, 4) is 11.3 Å². The second-order valence-corrected chi connectivity index (χ2v) is 10.6. The topological polar surface area (TPSA) is 137 Å². The number of fused-ring (bicyclic) bond motifs is 1. The average molecular weight is 571 g/mol. The number of hydrogen-bond acceptors (Lipinski definition) is 8. The normalized spacial score (nSPS) is 11.4. The van der Waals surface area contributed by atoms with Crippen molar-refractivity contribution >= 4 is 55.8 Å². The molecular weight excluding hydrogens is 548 g/mol. The lowest BCUT2D eigenvalue weighted by Crippen LogP contribution is -2.36. The van der Waals surface area contributed by atoms with E-state index in [1.807, 2.05) is 0 Å². The molecule has 12 heteroatoms. The number of hydrogen-bond donors (Lipinski definition) is 0. The van der Waals surface area contributed by atoms with Gasteiger partial charge in [-0.1, -0.05) is 48.9 Å². The zero-order chi connectivity index (χ0) is 28.3. The van der Waals surface area contributed by atoms with E-state index in [4.69, 9.17) is 20.8 Å². The molecule has 0 aliphatic carbocycles. The van der Waals surface area contributed by atoms with E-state index in [0.29, 0.717) is 16.3 Å². The number of carbonyl (C=O) groups excluding carboxylic acids is 2. The molecule has 3 aromatic carbocycles. The Morgan fingerprint density at radius 3 is 2.41 bits per heavy atom. The first-order chi connectivity index (χ1) is 18.6. The number of ether oxygens (including phenoxy) is 1. The van der Waals surface area contributed by atoms with Crippen LogP contribution in [0, 0.1) is 10.1 Å². The van der Waals surface area contributed by atoms with Crippen molar-refractivity contribution in [2.75, 3.05) is 10.9 Å². The summed E-state index contributed by atoms with van der Waals surface area (Å²) in [5.41, 5.74) is 0.233. The van der Waals surface area contributed by atoms with Crippen LogP contribution in [0.4, 0.5) is 11.4 Å². The van der Waals surface area contributed by atoms with Crippen molar-refractivity contribution in [1.82, 2.24) is 0 Å². The molecule has 1 amide bonds. The quantitative estimate of drug-likeness (QED) is 0.129. The Bertz CT molecular complexity index is 1680. The monoisotopic (exact) mass is 570 g/mol. The van der Waals surface area contributed by atoms with Crippen LogP contribution in [0.5, 0.6) is 0 Å². The summed E-state index contributed by atoms with van der Waals surface area (Å²) in [6, 6.07) is 16.0. The van der Waals surface area contributed by atoms with E-state index >= 15 is 0 Å². The second kappa shape index (κ2) is 11.3. The van der Waals surface area contributed by atoms with Crippen molar-refractivity contribution < 1.29 is 32.1 Å². The molecule has 0 saturated heterocycles. The molecule has 4 rings (SSSR count). The van der Waals surface area contributed by atoms with Crippen LogP contribution in [0.15, 0.2) is 76.0 Å². The van der Waals surface area contributed by atoms with Crippen LogP contribution in [-0.4, -0.2) is 31.8 Å². The molecule has 1 heterocycles. The molecule has 0 fully saturated rings. The molecule has 0 aliphatic heterocycles. The van der Waals surface area contributed by atoms with Crippen LogP contribution in [0.2, 0.25) is 5.02 Å². The van der Waals surface area contributed by atoms with Crippen LogP contribution in [0.25, 0.3) is 22.3 Å². The van der Waals surface area contributed by atoms with Gasteiger partial charge >= 0.3 is 5.97 Å². The minimum absolute atomic E-state index is 0.0716. The summed E-state index contributed by atoms with van der Waals surface area (Å²) in [5, 5.41) is 11.4. The highest BCUT2D eigenvalue weighted by Crippen LogP contribution is 2.38.